The van der Waals surface area contributed by atoms with Crippen LogP contribution in [0.5, 0.6) is 0 Å². The number of nitriles is 1. The first-order chi connectivity index (χ1) is 16.6. The largest absolute Gasteiger partial charge is 0.469 e. The third-order valence-electron chi connectivity index (χ3n) is 6.57. The summed E-state index contributed by atoms with van der Waals surface area (Å²) in [5.41, 5.74) is -0.789. The van der Waals surface area contributed by atoms with Gasteiger partial charge in [0.15, 0.2) is 0 Å². The molecule has 2 aromatic carbocycles. The van der Waals surface area contributed by atoms with Gasteiger partial charge < -0.3 is 4.74 Å². The van der Waals surface area contributed by atoms with Crippen molar-refractivity contribution in [1.29, 1.82) is 5.26 Å². The number of carbonyl (C=O) groups is 2. The number of alkyl halides is 3. The molecule has 182 valence electrons. The Hall–Kier alpha value is -3.32. The number of hydrogen-bond donors (Lipinski definition) is 1. The van der Waals surface area contributed by atoms with Gasteiger partial charge in [-0.3, -0.25) is 4.79 Å². The summed E-state index contributed by atoms with van der Waals surface area (Å²) in [4.78, 5) is 26.1. The van der Waals surface area contributed by atoms with E-state index in [1.54, 1.807) is 10.6 Å². The van der Waals surface area contributed by atoms with Gasteiger partial charge in [0.2, 0.25) is 5.54 Å². The van der Waals surface area contributed by atoms with Gasteiger partial charge in [-0.05, 0) is 55.2 Å². The predicted octanol–water partition coefficient (Wildman–Crippen LogP) is 4.97. The molecule has 6 nitrogen and oxygen atoms in total. The molecule has 1 saturated carbocycles. The highest BCUT2D eigenvalue weighted by molar-refractivity contribution is 7.97. The topological polar surface area (TPSA) is 73.4 Å². The van der Waals surface area contributed by atoms with Gasteiger partial charge in [-0.1, -0.05) is 24.8 Å². The van der Waals surface area contributed by atoms with Crippen LogP contribution in [0.4, 0.5) is 24.5 Å². The molecule has 4 rings (SSSR count). The normalized spacial score (nSPS) is 16.9. The number of carbonyl (C=O) groups excluding carboxylic acids is 2. The molecule has 1 aliphatic carbocycles. The maximum atomic E-state index is 13.5. The number of anilines is 1. The lowest BCUT2D eigenvalue weighted by Gasteiger charge is -2.34. The van der Waals surface area contributed by atoms with E-state index in [4.69, 9.17) is 5.26 Å². The van der Waals surface area contributed by atoms with Gasteiger partial charge in [-0.25, -0.2) is 9.37 Å². The average Bonchev–Trinajstić information content (AvgIpc) is 3.05. The lowest BCUT2D eigenvalue weighted by molar-refractivity contribution is -0.524. The highest BCUT2D eigenvalue weighted by Crippen LogP contribution is 2.46. The standard InChI is InChI=1S/C25H22F3N3O3S/c1-34-21(32)5-2-4-16-6-9-18(10-7-16)31-23(35)30(22(33)24(31)12-3-13-24)19-11-8-17(15-29)20(14-19)25(26,27)28/h6-11,14H,2-5,12-13H2,1H3/p+1. The van der Waals surface area contributed by atoms with Gasteiger partial charge in [0.25, 0.3) is 0 Å². The van der Waals surface area contributed by atoms with Crippen molar-refractivity contribution in [2.24, 2.45) is 0 Å². The molecule has 1 aliphatic heterocycles. The number of esters is 1. The Morgan fingerprint density at radius 2 is 1.91 bits per heavy atom. The molecule has 10 heteroatoms. The van der Waals surface area contributed by atoms with Crippen molar-refractivity contribution in [3.8, 4) is 6.07 Å². The number of nitrogens with zero attached hydrogens (tertiary/aromatic N) is 3. The van der Waals surface area contributed by atoms with E-state index in [0.29, 0.717) is 37.8 Å². The molecule has 1 amide bonds. The summed E-state index contributed by atoms with van der Waals surface area (Å²) in [6.45, 7) is 0. The highest BCUT2D eigenvalue weighted by atomic mass is 32.1. The van der Waals surface area contributed by atoms with Crippen LogP contribution >= 0.6 is 12.6 Å². The monoisotopic (exact) mass is 502 g/mol. The van der Waals surface area contributed by atoms with Gasteiger partial charge in [0, 0.05) is 19.3 Å². The molecule has 2 aromatic rings. The summed E-state index contributed by atoms with van der Waals surface area (Å²) in [5, 5.41) is 9.31. The first kappa shape index (κ1) is 24.8. The Kier molecular flexibility index (Phi) is 6.64. The van der Waals surface area contributed by atoms with Crippen molar-refractivity contribution >= 4 is 41.0 Å². The second kappa shape index (κ2) is 9.38. The minimum Gasteiger partial charge on any atom is -0.469 e. The molecule has 1 spiro atoms. The van der Waals surface area contributed by atoms with Crippen molar-refractivity contribution in [2.45, 2.75) is 50.2 Å². The number of amides is 1. The van der Waals surface area contributed by atoms with Crippen LogP contribution in [0.3, 0.4) is 0 Å². The maximum Gasteiger partial charge on any atom is 0.417 e. The van der Waals surface area contributed by atoms with Crippen LogP contribution in [0.15, 0.2) is 42.5 Å². The number of hydrogen-bond acceptors (Lipinski definition) is 4. The summed E-state index contributed by atoms with van der Waals surface area (Å²) in [6.07, 6.45) is -1.20. The molecule has 2 aliphatic rings. The molecule has 0 N–H and O–H groups in total. The van der Waals surface area contributed by atoms with E-state index < -0.39 is 22.8 Å². The molecule has 0 bridgehead atoms. The van der Waals surface area contributed by atoms with Crippen LogP contribution in [0.25, 0.3) is 0 Å². The quantitative estimate of drug-likeness (QED) is 0.344. The van der Waals surface area contributed by atoms with E-state index in [1.165, 1.54) is 18.1 Å². The fourth-order valence-corrected chi connectivity index (χ4v) is 5.10. The Morgan fingerprint density at radius 3 is 2.46 bits per heavy atom. The zero-order valence-electron chi connectivity index (χ0n) is 18.9. The van der Waals surface area contributed by atoms with E-state index in [1.807, 2.05) is 24.3 Å². The summed E-state index contributed by atoms with van der Waals surface area (Å²) in [6, 6.07) is 12.3. The van der Waals surface area contributed by atoms with Gasteiger partial charge in [0.1, 0.15) is 11.4 Å². The molecule has 35 heavy (non-hydrogen) atoms. The number of benzene rings is 2. The van der Waals surface area contributed by atoms with Crippen molar-refractivity contribution in [2.75, 3.05) is 12.0 Å². The highest BCUT2D eigenvalue weighted by Gasteiger charge is 2.63. The molecule has 0 radical (unpaired) electrons. The second-order valence-corrected chi connectivity index (χ2v) is 9.00. The van der Waals surface area contributed by atoms with E-state index in [0.717, 1.165) is 24.1 Å². The lowest BCUT2D eigenvalue weighted by atomic mass is 9.75. The van der Waals surface area contributed by atoms with E-state index in [-0.39, 0.29) is 22.7 Å². The Morgan fingerprint density at radius 1 is 1.23 bits per heavy atom. The van der Waals surface area contributed by atoms with Crippen molar-refractivity contribution in [3.05, 3.63) is 59.2 Å². The smallest absolute Gasteiger partial charge is 0.417 e. The Labute approximate surface area is 206 Å². The maximum absolute atomic E-state index is 13.5. The first-order valence-electron chi connectivity index (χ1n) is 11.1. The number of amidine groups is 1. The number of halogens is 3. The number of ether oxygens (including phenoxy) is 1. The van der Waals surface area contributed by atoms with Crippen molar-refractivity contribution in [1.82, 2.24) is 0 Å². The Bertz CT molecular complexity index is 1250. The van der Waals surface area contributed by atoms with Crippen LogP contribution in [0.2, 0.25) is 0 Å². The van der Waals surface area contributed by atoms with Gasteiger partial charge in [-0.2, -0.15) is 23.3 Å². The number of rotatable bonds is 6. The molecular formula is C25H23F3N3O3S+. The number of methoxy groups -OCH3 is 1. The average molecular weight is 503 g/mol. The first-order valence-corrected chi connectivity index (χ1v) is 11.5. The predicted molar refractivity (Wildman–Crippen MR) is 126 cm³/mol. The van der Waals surface area contributed by atoms with E-state index >= 15 is 0 Å². The molecule has 0 atom stereocenters. The zero-order chi connectivity index (χ0) is 25.4. The number of aryl methyl sites for hydroxylation is 1. The zero-order valence-corrected chi connectivity index (χ0v) is 19.8. The molecule has 1 fully saturated rings. The van der Waals surface area contributed by atoms with Crippen LogP contribution in [0, 0.1) is 11.3 Å². The van der Waals surface area contributed by atoms with Gasteiger partial charge in [0.05, 0.1) is 24.3 Å². The lowest BCUT2D eigenvalue weighted by Crippen LogP contribution is -2.52. The van der Waals surface area contributed by atoms with Crippen LogP contribution in [0.1, 0.15) is 48.8 Å². The second-order valence-electron chi connectivity index (χ2n) is 8.60. The number of thiol groups is 1. The van der Waals surface area contributed by atoms with Crippen LogP contribution < -0.4 is 4.90 Å². The molecule has 0 unspecified atom stereocenters. The van der Waals surface area contributed by atoms with E-state index in [9.17, 15) is 22.8 Å². The third-order valence-corrected chi connectivity index (χ3v) is 6.97. The molecule has 1 heterocycles. The molecule has 0 saturated heterocycles. The van der Waals surface area contributed by atoms with Gasteiger partial charge in [-0.15, -0.1) is 0 Å². The van der Waals surface area contributed by atoms with Crippen LogP contribution in [-0.2, 0) is 26.9 Å². The fraction of sp³-hybridized carbons (Fsp3) is 0.360. The summed E-state index contributed by atoms with van der Waals surface area (Å²) < 4.78 is 47.1. The SMILES string of the molecule is COC(=O)CCCc1ccc([N+]2=C(S)N(c3ccc(C#N)c(C(F)(F)F)c3)C(=O)C23CCC3)cc1. The molecule has 0 aromatic heterocycles. The minimum absolute atomic E-state index is 0.0135. The fourth-order valence-electron chi connectivity index (χ4n) is 4.58. The molecular weight excluding hydrogens is 479 g/mol. The van der Waals surface area contributed by atoms with Gasteiger partial charge >= 0.3 is 23.2 Å². The third kappa shape index (κ3) is 4.41. The minimum atomic E-state index is -4.74. The van der Waals surface area contributed by atoms with Crippen LogP contribution in [-0.4, -0.2) is 34.3 Å². The van der Waals surface area contributed by atoms with Crippen molar-refractivity contribution < 1.29 is 32.1 Å². The van der Waals surface area contributed by atoms with Crippen molar-refractivity contribution in [3.63, 3.8) is 0 Å². The summed E-state index contributed by atoms with van der Waals surface area (Å²) in [7, 11) is 1.35. The van der Waals surface area contributed by atoms with E-state index in [2.05, 4.69) is 17.4 Å². The Balaban J connectivity index is 1.69. The summed E-state index contributed by atoms with van der Waals surface area (Å²) >= 11 is 4.59. The summed E-state index contributed by atoms with van der Waals surface area (Å²) in [5.74, 6) is -0.608.